The molecule has 2 rings (SSSR count). The smallest absolute Gasteiger partial charge is 0.245 e. The number of anilines is 1. The number of aromatic nitrogens is 1. The first-order chi connectivity index (χ1) is 6.68. The van der Waals surface area contributed by atoms with Crippen LogP contribution in [-0.4, -0.2) is 23.5 Å². The molecule has 2 N–H and O–H groups in total. The lowest BCUT2D eigenvalue weighted by Gasteiger charge is -2.28. The second kappa shape index (κ2) is 3.67. The Morgan fingerprint density at radius 2 is 2.50 bits per heavy atom. The molecular formula is C9H13N3OS. The molecule has 1 amide bonds. The second-order valence-electron chi connectivity index (χ2n) is 3.51. The maximum atomic E-state index is 11.7. The van der Waals surface area contributed by atoms with Crippen LogP contribution in [0, 0.1) is 6.92 Å². The lowest BCUT2D eigenvalue weighted by atomic mass is 10.1. The zero-order valence-electron chi connectivity index (χ0n) is 8.06. The minimum atomic E-state index is -0.340. The van der Waals surface area contributed by atoms with Crippen molar-refractivity contribution >= 4 is 22.4 Å². The average Bonchev–Trinajstić information content (AvgIpc) is 2.57. The van der Waals surface area contributed by atoms with Gasteiger partial charge in [-0.05, 0) is 19.8 Å². The van der Waals surface area contributed by atoms with Crippen LogP contribution in [0.3, 0.4) is 0 Å². The fourth-order valence-corrected chi connectivity index (χ4v) is 2.39. The number of nitrogens with zero attached hydrogens (tertiary/aromatic N) is 2. The van der Waals surface area contributed by atoms with Crippen molar-refractivity contribution in [1.82, 2.24) is 4.98 Å². The Balaban J connectivity index is 2.21. The van der Waals surface area contributed by atoms with Crippen molar-refractivity contribution in [2.45, 2.75) is 25.8 Å². The van der Waals surface area contributed by atoms with E-state index in [0.29, 0.717) is 0 Å². The molecule has 14 heavy (non-hydrogen) atoms. The Morgan fingerprint density at radius 1 is 1.71 bits per heavy atom. The maximum absolute atomic E-state index is 11.7. The summed E-state index contributed by atoms with van der Waals surface area (Å²) in [6, 6.07) is -0.340. The van der Waals surface area contributed by atoms with Crippen molar-refractivity contribution < 1.29 is 4.79 Å². The number of rotatable bonds is 1. The van der Waals surface area contributed by atoms with Crippen LogP contribution in [-0.2, 0) is 4.79 Å². The van der Waals surface area contributed by atoms with E-state index in [-0.39, 0.29) is 11.9 Å². The van der Waals surface area contributed by atoms with Crippen LogP contribution in [0.5, 0.6) is 0 Å². The van der Waals surface area contributed by atoms with Gasteiger partial charge in [0.1, 0.15) is 0 Å². The largest absolute Gasteiger partial charge is 0.320 e. The van der Waals surface area contributed by atoms with Crippen LogP contribution < -0.4 is 10.6 Å². The van der Waals surface area contributed by atoms with Gasteiger partial charge in [-0.2, -0.15) is 0 Å². The Kier molecular flexibility index (Phi) is 2.52. The molecule has 2 heterocycles. The minimum absolute atomic E-state index is 0.00519. The molecule has 0 aromatic carbocycles. The standard InChI is InChI=1S/C9H13N3OS/c1-6-5-14-9(11-6)12-4-2-3-7(10)8(12)13/h5,7H,2-4,10H2,1H3. The summed E-state index contributed by atoms with van der Waals surface area (Å²) in [5.74, 6) is 0.00519. The molecule has 1 fully saturated rings. The van der Waals surface area contributed by atoms with E-state index < -0.39 is 0 Å². The van der Waals surface area contributed by atoms with Gasteiger partial charge in [0.25, 0.3) is 0 Å². The van der Waals surface area contributed by atoms with Gasteiger partial charge in [-0.25, -0.2) is 4.98 Å². The molecule has 1 aliphatic heterocycles. The Labute approximate surface area is 86.7 Å². The van der Waals surface area contributed by atoms with Gasteiger partial charge in [-0.3, -0.25) is 9.69 Å². The van der Waals surface area contributed by atoms with Crippen LogP contribution in [0.2, 0.25) is 0 Å². The lowest BCUT2D eigenvalue weighted by Crippen LogP contribution is -2.48. The molecule has 5 heteroatoms. The molecule has 4 nitrogen and oxygen atoms in total. The third-order valence-corrected chi connectivity index (χ3v) is 3.30. The fraction of sp³-hybridized carbons (Fsp3) is 0.556. The highest BCUT2D eigenvalue weighted by atomic mass is 32.1. The predicted molar refractivity (Wildman–Crippen MR) is 56.4 cm³/mol. The zero-order valence-corrected chi connectivity index (χ0v) is 8.88. The van der Waals surface area contributed by atoms with Crippen LogP contribution in [0.1, 0.15) is 18.5 Å². The molecule has 76 valence electrons. The molecule has 1 atom stereocenters. The Bertz CT molecular complexity index is 350. The molecule has 1 aromatic rings. The third kappa shape index (κ3) is 1.65. The summed E-state index contributed by atoms with van der Waals surface area (Å²) in [5.41, 5.74) is 6.65. The summed E-state index contributed by atoms with van der Waals surface area (Å²) in [6.45, 7) is 2.67. The van der Waals surface area contributed by atoms with Crippen LogP contribution in [0.4, 0.5) is 5.13 Å². The van der Waals surface area contributed by atoms with E-state index in [2.05, 4.69) is 4.98 Å². The van der Waals surface area contributed by atoms with Gasteiger partial charge in [0.2, 0.25) is 5.91 Å². The summed E-state index contributed by atoms with van der Waals surface area (Å²) < 4.78 is 0. The number of carbonyl (C=O) groups excluding carboxylic acids is 1. The molecule has 0 spiro atoms. The number of amides is 1. The summed E-state index contributed by atoms with van der Waals surface area (Å²) in [6.07, 6.45) is 1.76. The predicted octanol–water partition coefficient (Wildman–Crippen LogP) is 0.906. The third-order valence-electron chi connectivity index (χ3n) is 2.32. The average molecular weight is 211 g/mol. The van der Waals surface area contributed by atoms with Crippen molar-refractivity contribution in [1.29, 1.82) is 0 Å². The first-order valence-electron chi connectivity index (χ1n) is 4.67. The van der Waals surface area contributed by atoms with E-state index >= 15 is 0 Å². The molecule has 1 unspecified atom stereocenters. The van der Waals surface area contributed by atoms with Crippen molar-refractivity contribution in [3.05, 3.63) is 11.1 Å². The molecule has 1 aliphatic rings. The van der Waals surface area contributed by atoms with E-state index in [1.54, 1.807) is 4.90 Å². The van der Waals surface area contributed by atoms with Crippen molar-refractivity contribution in [2.24, 2.45) is 5.73 Å². The van der Waals surface area contributed by atoms with E-state index in [1.807, 2.05) is 12.3 Å². The number of aryl methyl sites for hydroxylation is 1. The van der Waals surface area contributed by atoms with Crippen LogP contribution in [0.15, 0.2) is 5.38 Å². The zero-order chi connectivity index (χ0) is 10.1. The van der Waals surface area contributed by atoms with Crippen molar-refractivity contribution in [2.75, 3.05) is 11.4 Å². The van der Waals surface area contributed by atoms with Crippen molar-refractivity contribution in [3.8, 4) is 0 Å². The number of hydrogen-bond donors (Lipinski definition) is 1. The van der Waals surface area contributed by atoms with Gasteiger partial charge >= 0.3 is 0 Å². The van der Waals surface area contributed by atoms with Gasteiger partial charge in [0.05, 0.1) is 11.7 Å². The van der Waals surface area contributed by atoms with E-state index in [9.17, 15) is 4.79 Å². The molecule has 0 saturated carbocycles. The molecule has 1 saturated heterocycles. The lowest BCUT2D eigenvalue weighted by molar-refractivity contribution is -0.120. The molecule has 0 bridgehead atoms. The first kappa shape index (κ1) is 9.61. The van der Waals surface area contributed by atoms with Gasteiger partial charge in [-0.15, -0.1) is 11.3 Å². The van der Waals surface area contributed by atoms with Gasteiger partial charge in [-0.1, -0.05) is 0 Å². The second-order valence-corrected chi connectivity index (χ2v) is 4.35. The maximum Gasteiger partial charge on any atom is 0.245 e. The van der Waals surface area contributed by atoms with E-state index in [4.69, 9.17) is 5.73 Å². The highest BCUT2D eigenvalue weighted by Gasteiger charge is 2.28. The highest BCUT2D eigenvalue weighted by molar-refractivity contribution is 7.14. The van der Waals surface area contributed by atoms with E-state index in [1.165, 1.54) is 11.3 Å². The Hall–Kier alpha value is -0.940. The molecule has 1 aromatic heterocycles. The number of piperidine rings is 1. The van der Waals surface area contributed by atoms with Crippen LogP contribution >= 0.6 is 11.3 Å². The topological polar surface area (TPSA) is 59.2 Å². The SMILES string of the molecule is Cc1csc(N2CCCC(N)C2=O)n1. The number of nitrogens with two attached hydrogens (primary N) is 1. The molecule has 0 aliphatic carbocycles. The quantitative estimate of drug-likeness (QED) is 0.751. The number of hydrogen-bond acceptors (Lipinski definition) is 4. The van der Waals surface area contributed by atoms with Crippen LogP contribution in [0.25, 0.3) is 0 Å². The van der Waals surface area contributed by atoms with Gasteiger partial charge in [0.15, 0.2) is 5.13 Å². The first-order valence-corrected chi connectivity index (χ1v) is 5.55. The minimum Gasteiger partial charge on any atom is -0.320 e. The molecule has 0 radical (unpaired) electrons. The van der Waals surface area contributed by atoms with Gasteiger partial charge < -0.3 is 5.73 Å². The summed E-state index contributed by atoms with van der Waals surface area (Å²) in [7, 11) is 0. The van der Waals surface area contributed by atoms with E-state index in [0.717, 1.165) is 30.2 Å². The fourth-order valence-electron chi connectivity index (χ4n) is 1.56. The summed E-state index contributed by atoms with van der Waals surface area (Å²) in [5, 5.41) is 2.73. The monoisotopic (exact) mass is 211 g/mol. The number of thiazole rings is 1. The molecular weight excluding hydrogens is 198 g/mol. The highest BCUT2D eigenvalue weighted by Crippen LogP contribution is 2.23. The number of carbonyl (C=O) groups is 1. The van der Waals surface area contributed by atoms with Crippen molar-refractivity contribution in [3.63, 3.8) is 0 Å². The summed E-state index contributed by atoms with van der Waals surface area (Å²) in [4.78, 5) is 17.7. The summed E-state index contributed by atoms with van der Waals surface area (Å²) >= 11 is 1.50. The van der Waals surface area contributed by atoms with Gasteiger partial charge in [0, 0.05) is 11.9 Å². The Morgan fingerprint density at radius 3 is 3.14 bits per heavy atom. The normalized spacial score (nSPS) is 22.9.